The van der Waals surface area contributed by atoms with Gasteiger partial charge in [-0.05, 0) is 24.0 Å². The fourth-order valence-corrected chi connectivity index (χ4v) is 2.34. The van der Waals surface area contributed by atoms with Gasteiger partial charge in [-0.2, -0.15) is 0 Å². The third-order valence-corrected chi connectivity index (χ3v) is 3.62. The van der Waals surface area contributed by atoms with Gasteiger partial charge in [-0.3, -0.25) is 0 Å². The molecule has 0 unspecified atom stereocenters. The molecule has 1 N–H and O–H groups in total. The topological polar surface area (TPSA) is 12.0 Å². The summed E-state index contributed by atoms with van der Waals surface area (Å²) in [6, 6.07) is 14.4. The number of benzene rings is 2. The molecule has 2 aromatic rings. The Hall–Kier alpha value is -1.55. The van der Waals surface area contributed by atoms with Gasteiger partial charge < -0.3 is 5.32 Å². The minimum atomic E-state index is -2.40. The van der Waals surface area contributed by atoms with Crippen LogP contribution in [0, 0.1) is 0 Å². The maximum atomic E-state index is 12.4. The first kappa shape index (κ1) is 13.9. The summed E-state index contributed by atoms with van der Waals surface area (Å²) in [5, 5.41) is 3.32. The van der Waals surface area contributed by atoms with Gasteiger partial charge >= 0.3 is 0 Å². The van der Waals surface area contributed by atoms with Gasteiger partial charge in [0, 0.05) is 22.7 Å². The fourth-order valence-electron chi connectivity index (χ4n) is 1.77. The second-order valence-corrected chi connectivity index (χ2v) is 4.94. The summed E-state index contributed by atoms with van der Waals surface area (Å²) < 4.78 is 24.9. The lowest BCUT2D eigenvalue weighted by atomic mass is 10.1. The maximum Gasteiger partial charge on any atom is 0.263 e. The molecule has 0 spiro atoms. The van der Waals surface area contributed by atoms with Gasteiger partial charge in [-0.25, -0.2) is 8.78 Å². The highest BCUT2D eigenvalue weighted by molar-refractivity contribution is 7.98. The Labute approximate surface area is 116 Å². The molecule has 1 nitrogen and oxygen atoms in total. The van der Waals surface area contributed by atoms with Gasteiger partial charge in [0.1, 0.15) is 0 Å². The Morgan fingerprint density at radius 3 is 2.37 bits per heavy atom. The SMILES string of the molecule is CSc1ccccc1NCc1ccc(C(F)F)cc1. The third kappa shape index (κ3) is 3.70. The van der Waals surface area contributed by atoms with E-state index in [1.807, 2.05) is 30.5 Å². The summed E-state index contributed by atoms with van der Waals surface area (Å²) in [4.78, 5) is 1.17. The number of rotatable bonds is 5. The number of nitrogens with one attached hydrogen (secondary N) is 1. The summed E-state index contributed by atoms with van der Waals surface area (Å²) in [7, 11) is 0. The van der Waals surface area contributed by atoms with E-state index >= 15 is 0 Å². The molecule has 2 aromatic carbocycles. The van der Waals surface area contributed by atoms with E-state index in [1.165, 1.54) is 17.0 Å². The van der Waals surface area contributed by atoms with E-state index in [9.17, 15) is 8.78 Å². The third-order valence-electron chi connectivity index (χ3n) is 2.82. The van der Waals surface area contributed by atoms with Gasteiger partial charge in [0.15, 0.2) is 0 Å². The number of alkyl halides is 2. The second-order valence-electron chi connectivity index (χ2n) is 4.10. The molecule has 0 aliphatic carbocycles. The molecule has 0 radical (unpaired) electrons. The molecule has 0 saturated carbocycles. The lowest BCUT2D eigenvalue weighted by Crippen LogP contribution is -2.00. The van der Waals surface area contributed by atoms with Gasteiger partial charge in [-0.15, -0.1) is 11.8 Å². The van der Waals surface area contributed by atoms with Crippen LogP contribution in [0.2, 0.25) is 0 Å². The van der Waals surface area contributed by atoms with Gasteiger partial charge in [0.2, 0.25) is 0 Å². The first-order valence-corrected chi connectivity index (χ1v) is 7.17. The van der Waals surface area contributed by atoms with E-state index in [4.69, 9.17) is 0 Å². The highest BCUT2D eigenvalue weighted by atomic mass is 32.2. The monoisotopic (exact) mass is 279 g/mol. The van der Waals surface area contributed by atoms with Crippen LogP contribution in [0.25, 0.3) is 0 Å². The van der Waals surface area contributed by atoms with E-state index in [1.54, 1.807) is 23.9 Å². The van der Waals surface area contributed by atoms with Crippen molar-refractivity contribution in [3.63, 3.8) is 0 Å². The smallest absolute Gasteiger partial charge is 0.263 e. The Balaban J connectivity index is 2.02. The van der Waals surface area contributed by atoms with Crippen LogP contribution in [0.3, 0.4) is 0 Å². The molecule has 4 heteroatoms. The summed E-state index contributed by atoms with van der Waals surface area (Å²) in [5.41, 5.74) is 2.11. The van der Waals surface area contributed by atoms with Crippen molar-refractivity contribution in [2.45, 2.75) is 17.9 Å². The normalized spacial score (nSPS) is 10.7. The first-order chi connectivity index (χ1) is 9.20. The molecule has 0 atom stereocenters. The van der Waals surface area contributed by atoms with Crippen LogP contribution < -0.4 is 5.32 Å². The van der Waals surface area contributed by atoms with Crippen LogP contribution in [0.5, 0.6) is 0 Å². The Morgan fingerprint density at radius 2 is 1.74 bits per heavy atom. The van der Waals surface area contributed by atoms with Crippen molar-refractivity contribution >= 4 is 17.4 Å². The molecule has 0 aliphatic rings. The van der Waals surface area contributed by atoms with Crippen molar-refractivity contribution in [1.82, 2.24) is 0 Å². The lowest BCUT2D eigenvalue weighted by molar-refractivity contribution is 0.151. The first-order valence-electron chi connectivity index (χ1n) is 5.94. The molecule has 0 aromatic heterocycles. The van der Waals surface area contributed by atoms with Crippen molar-refractivity contribution in [1.29, 1.82) is 0 Å². The minimum absolute atomic E-state index is 0.0632. The van der Waals surface area contributed by atoms with Gasteiger partial charge in [0.05, 0.1) is 0 Å². The number of hydrogen-bond donors (Lipinski definition) is 1. The van der Waals surface area contributed by atoms with Crippen LogP contribution in [0.1, 0.15) is 17.6 Å². The Morgan fingerprint density at radius 1 is 1.05 bits per heavy atom. The van der Waals surface area contributed by atoms with Crippen LogP contribution in [0.15, 0.2) is 53.4 Å². The standard InChI is InChI=1S/C15H15F2NS/c1-19-14-5-3-2-4-13(14)18-10-11-6-8-12(9-7-11)15(16)17/h2-9,15,18H,10H2,1H3. The van der Waals surface area contributed by atoms with E-state index in [0.29, 0.717) is 6.54 Å². The molecule has 2 rings (SSSR count). The lowest BCUT2D eigenvalue weighted by Gasteiger charge is -2.10. The van der Waals surface area contributed by atoms with E-state index < -0.39 is 6.43 Å². The average molecular weight is 279 g/mol. The van der Waals surface area contributed by atoms with Gasteiger partial charge in [-0.1, -0.05) is 36.4 Å². The zero-order valence-corrected chi connectivity index (χ0v) is 11.4. The molecule has 100 valence electrons. The quantitative estimate of drug-likeness (QED) is 0.776. The number of hydrogen-bond acceptors (Lipinski definition) is 2. The number of thioether (sulfide) groups is 1. The number of para-hydroxylation sites is 1. The largest absolute Gasteiger partial charge is 0.380 e. The predicted molar refractivity (Wildman–Crippen MR) is 76.9 cm³/mol. The van der Waals surface area contributed by atoms with Crippen LogP contribution in [0.4, 0.5) is 14.5 Å². The molecular weight excluding hydrogens is 264 g/mol. The predicted octanol–water partition coefficient (Wildman–Crippen LogP) is 4.96. The molecule has 0 heterocycles. The zero-order valence-electron chi connectivity index (χ0n) is 10.6. The molecule has 0 bridgehead atoms. The maximum absolute atomic E-state index is 12.4. The molecule has 0 fully saturated rings. The van der Waals surface area contributed by atoms with Crippen molar-refractivity contribution in [2.24, 2.45) is 0 Å². The van der Waals surface area contributed by atoms with Crippen molar-refractivity contribution < 1.29 is 8.78 Å². The van der Waals surface area contributed by atoms with Crippen molar-refractivity contribution in [2.75, 3.05) is 11.6 Å². The van der Waals surface area contributed by atoms with E-state index in [2.05, 4.69) is 5.32 Å². The molecule has 0 saturated heterocycles. The summed E-state index contributed by atoms with van der Waals surface area (Å²) in [6.45, 7) is 0.626. The van der Waals surface area contributed by atoms with Crippen LogP contribution in [-0.2, 0) is 6.54 Å². The summed E-state index contributed by atoms with van der Waals surface area (Å²) >= 11 is 1.68. The molecular formula is C15H15F2NS. The minimum Gasteiger partial charge on any atom is -0.380 e. The summed E-state index contributed by atoms with van der Waals surface area (Å²) in [5.74, 6) is 0. The zero-order chi connectivity index (χ0) is 13.7. The van der Waals surface area contributed by atoms with E-state index in [-0.39, 0.29) is 5.56 Å². The molecule has 19 heavy (non-hydrogen) atoms. The van der Waals surface area contributed by atoms with Crippen molar-refractivity contribution in [3.8, 4) is 0 Å². The fraction of sp³-hybridized carbons (Fsp3) is 0.200. The molecule has 0 aliphatic heterocycles. The van der Waals surface area contributed by atoms with E-state index in [0.717, 1.165) is 11.3 Å². The Kier molecular flexibility index (Phi) is 4.80. The van der Waals surface area contributed by atoms with Crippen LogP contribution in [-0.4, -0.2) is 6.26 Å². The Bertz CT molecular complexity index is 526. The van der Waals surface area contributed by atoms with Crippen molar-refractivity contribution in [3.05, 3.63) is 59.7 Å². The summed E-state index contributed by atoms with van der Waals surface area (Å²) in [6.07, 6.45) is -0.378. The highest BCUT2D eigenvalue weighted by Crippen LogP contribution is 2.25. The average Bonchev–Trinajstić information content (AvgIpc) is 2.45. The van der Waals surface area contributed by atoms with Crippen LogP contribution >= 0.6 is 11.8 Å². The number of halogens is 2. The number of anilines is 1. The second kappa shape index (κ2) is 6.57. The highest BCUT2D eigenvalue weighted by Gasteiger charge is 2.06. The molecule has 0 amide bonds. The van der Waals surface area contributed by atoms with Gasteiger partial charge in [0.25, 0.3) is 6.43 Å².